The van der Waals surface area contributed by atoms with Crippen molar-refractivity contribution in [3.05, 3.63) is 0 Å². The van der Waals surface area contributed by atoms with E-state index in [0.717, 1.165) is 18.9 Å². The number of alkyl halides is 3. The molecule has 0 aliphatic carbocycles. The number of guanidine groups is 1. The zero-order valence-corrected chi connectivity index (χ0v) is 13.6. The number of aliphatic imine (C=N–C) groups is 1. The summed E-state index contributed by atoms with van der Waals surface area (Å²) in [7, 11) is 1.65. The van der Waals surface area contributed by atoms with Gasteiger partial charge < -0.3 is 15.0 Å². The van der Waals surface area contributed by atoms with E-state index < -0.39 is 12.2 Å². The Bertz CT molecular complexity index is 341. The van der Waals surface area contributed by atoms with E-state index in [-0.39, 0.29) is 0 Å². The predicted octanol–water partition coefficient (Wildman–Crippen LogP) is 1.56. The minimum Gasteiger partial charge on any atom is -0.385 e. The van der Waals surface area contributed by atoms with Gasteiger partial charge in [0.05, 0.1) is 0 Å². The van der Waals surface area contributed by atoms with Gasteiger partial charge in [0.1, 0.15) is 6.04 Å². The lowest BCUT2D eigenvalue weighted by molar-refractivity contribution is -0.181. The molecule has 0 spiro atoms. The SMILES string of the molecule is CCNC(=NCCCOC)N1CCN(C(C)C(F)(F)F)CC1. The largest absolute Gasteiger partial charge is 0.403 e. The molecule has 130 valence electrons. The van der Waals surface area contributed by atoms with Crippen LogP contribution in [0.3, 0.4) is 0 Å². The van der Waals surface area contributed by atoms with Crippen molar-refractivity contribution in [2.45, 2.75) is 32.5 Å². The smallest absolute Gasteiger partial charge is 0.385 e. The molecule has 0 aromatic heterocycles. The van der Waals surface area contributed by atoms with Crippen LogP contribution in [0.25, 0.3) is 0 Å². The molecule has 1 N–H and O–H groups in total. The number of halogens is 3. The van der Waals surface area contributed by atoms with Gasteiger partial charge in [0.25, 0.3) is 0 Å². The second kappa shape index (κ2) is 9.19. The molecule has 1 atom stereocenters. The second-order valence-corrected chi connectivity index (χ2v) is 5.32. The Kier molecular flexibility index (Phi) is 7.95. The topological polar surface area (TPSA) is 40.1 Å². The standard InChI is InChI=1S/C14H27F3N4O/c1-4-18-13(19-6-5-11-22-3)21-9-7-20(8-10-21)12(2)14(15,16)17/h12H,4-11H2,1-3H3,(H,18,19). The van der Waals surface area contributed by atoms with Crippen LogP contribution in [-0.4, -0.2) is 81.0 Å². The predicted molar refractivity (Wildman–Crippen MR) is 81.1 cm³/mol. The average molecular weight is 324 g/mol. The average Bonchev–Trinajstić information content (AvgIpc) is 2.49. The van der Waals surface area contributed by atoms with Crippen LogP contribution in [-0.2, 0) is 4.74 Å². The molecule has 1 aliphatic rings. The first-order valence-electron chi connectivity index (χ1n) is 7.73. The van der Waals surface area contributed by atoms with E-state index in [1.807, 2.05) is 11.8 Å². The fraction of sp³-hybridized carbons (Fsp3) is 0.929. The van der Waals surface area contributed by atoms with Crippen molar-refractivity contribution in [1.82, 2.24) is 15.1 Å². The van der Waals surface area contributed by atoms with Crippen LogP contribution in [0.5, 0.6) is 0 Å². The molecule has 0 radical (unpaired) electrons. The Morgan fingerprint density at radius 1 is 1.27 bits per heavy atom. The lowest BCUT2D eigenvalue weighted by atomic mass is 10.2. The summed E-state index contributed by atoms with van der Waals surface area (Å²) < 4.78 is 43.2. The lowest BCUT2D eigenvalue weighted by Gasteiger charge is -2.39. The molecular weight excluding hydrogens is 297 g/mol. The molecule has 1 aliphatic heterocycles. The van der Waals surface area contributed by atoms with Gasteiger partial charge in [-0.25, -0.2) is 0 Å². The Morgan fingerprint density at radius 2 is 1.91 bits per heavy atom. The van der Waals surface area contributed by atoms with E-state index in [1.54, 1.807) is 7.11 Å². The maximum atomic E-state index is 12.7. The summed E-state index contributed by atoms with van der Waals surface area (Å²) in [5.41, 5.74) is 0. The number of nitrogens with one attached hydrogen (secondary N) is 1. The molecular formula is C14H27F3N4O. The third-order valence-electron chi connectivity index (χ3n) is 3.74. The summed E-state index contributed by atoms with van der Waals surface area (Å²) in [5.74, 6) is 0.776. The van der Waals surface area contributed by atoms with Crippen LogP contribution in [0.4, 0.5) is 13.2 Å². The third-order valence-corrected chi connectivity index (χ3v) is 3.74. The maximum absolute atomic E-state index is 12.7. The van der Waals surface area contributed by atoms with E-state index in [0.29, 0.717) is 39.3 Å². The summed E-state index contributed by atoms with van der Waals surface area (Å²) in [4.78, 5) is 8.00. The second-order valence-electron chi connectivity index (χ2n) is 5.32. The molecule has 0 saturated carbocycles. The van der Waals surface area contributed by atoms with Gasteiger partial charge in [-0.05, 0) is 20.3 Å². The molecule has 0 amide bonds. The Labute approximate surface area is 130 Å². The van der Waals surface area contributed by atoms with Gasteiger partial charge in [-0.3, -0.25) is 9.89 Å². The summed E-state index contributed by atoms with van der Waals surface area (Å²) >= 11 is 0. The number of nitrogens with zero attached hydrogens (tertiary/aromatic N) is 3. The van der Waals surface area contributed by atoms with Gasteiger partial charge in [0.15, 0.2) is 5.96 Å². The van der Waals surface area contributed by atoms with Gasteiger partial charge >= 0.3 is 6.18 Å². The van der Waals surface area contributed by atoms with Gasteiger partial charge in [0.2, 0.25) is 0 Å². The van der Waals surface area contributed by atoms with Gasteiger partial charge in [-0.1, -0.05) is 0 Å². The highest BCUT2D eigenvalue weighted by Gasteiger charge is 2.41. The zero-order valence-electron chi connectivity index (χ0n) is 13.6. The normalized spacial score (nSPS) is 19.4. The Morgan fingerprint density at radius 3 is 2.41 bits per heavy atom. The fourth-order valence-corrected chi connectivity index (χ4v) is 2.35. The molecule has 22 heavy (non-hydrogen) atoms. The minimum absolute atomic E-state index is 0.392. The summed E-state index contributed by atoms with van der Waals surface area (Å²) in [6, 6.07) is -1.39. The fourth-order valence-electron chi connectivity index (χ4n) is 2.35. The summed E-state index contributed by atoms with van der Waals surface area (Å²) in [5, 5.41) is 3.20. The van der Waals surface area contributed by atoms with Crippen molar-refractivity contribution in [3.63, 3.8) is 0 Å². The molecule has 5 nitrogen and oxygen atoms in total. The van der Waals surface area contributed by atoms with E-state index in [9.17, 15) is 13.2 Å². The van der Waals surface area contributed by atoms with E-state index in [2.05, 4.69) is 10.3 Å². The molecule has 1 fully saturated rings. The quantitative estimate of drug-likeness (QED) is 0.457. The number of piperazine rings is 1. The molecule has 1 saturated heterocycles. The first-order chi connectivity index (χ1) is 10.4. The van der Waals surface area contributed by atoms with E-state index in [4.69, 9.17) is 4.74 Å². The first kappa shape index (κ1) is 19.0. The van der Waals surface area contributed by atoms with Crippen LogP contribution in [0.15, 0.2) is 4.99 Å². The summed E-state index contributed by atoms with van der Waals surface area (Å²) in [6.45, 7) is 7.13. The highest BCUT2D eigenvalue weighted by molar-refractivity contribution is 5.80. The molecule has 1 unspecified atom stereocenters. The molecule has 0 bridgehead atoms. The number of hydrogen-bond acceptors (Lipinski definition) is 3. The summed E-state index contributed by atoms with van der Waals surface area (Å²) in [6.07, 6.45) is -3.34. The van der Waals surface area contributed by atoms with E-state index >= 15 is 0 Å². The Balaban J connectivity index is 2.52. The van der Waals surface area contributed by atoms with Gasteiger partial charge in [-0.2, -0.15) is 13.2 Å². The molecule has 8 heteroatoms. The van der Waals surface area contributed by atoms with Gasteiger partial charge in [-0.15, -0.1) is 0 Å². The number of methoxy groups -OCH3 is 1. The van der Waals surface area contributed by atoms with E-state index in [1.165, 1.54) is 11.8 Å². The van der Waals surface area contributed by atoms with Crippen LogP contribution >= 0.6 is 0 Å². The first-order valence-corrected chi connectivity index (χ1v) is 7.73. The van der Waals surface area contributed by atoms with Crippen molar-refractivity contribution in [3.8, 4) is 0 Å². The van der Waals surface area contributed by atoms with Crippen LogP contribution in [0.1, 0.15) is 20.3 Å². The van der Waals surface area contributed by atoms with Crippen LogP contribution in [0, 0.1) is 0 Å². The van der Waals surface area contributed by atoms with Crippen molar-refractivity contribution in [2.75, 3.05) is 53.0 Å². The monoisotopic (exact) mass is 324 g/mol. The van der Waals surface area contributed by atoms with Crippen molar-refractivity contribution in [1.29, 1.82) is 0 Å². The van der Waals surface area contributed by atoms with Gasteiger partial charge in [0, 0.05) is 53.0 Å². The highest BCUT2D eigenvalue weighted by atomic mass is 19.4. The van der Waals surface area contributed by atoms with Crippen molar-refractivity contribution < 1.29 is 17.9 Å². The molecule has 1 rings (SSSR count). The minimum atomic E-state index is -4.17. The third kappa shape index (κ3) is 6.00. The number of hydrogen-bond donors (Lipinski definition) is 1. The number of rotatable bonds is 6. The van der Waals surface area contributed by atoms with Crippen molar-refractivity contribution in [2.24, 2.45) is 4.99 Å². The lowest BCUT2D eigenvalue weighted by Crippen LogP contribution is -2.56. The highest BCUT2D eigenvalue weighted by Crippen LogP contribution is 2.25. The van der Waals surface area contributed by atoms with Crippen LogP contribution in [0.2, 0.25) is 0 Å². The zero-order chi connectivity index (χ0) is 16.6. The maximum Gasteiger partial charge on any atom is 0.403 e. The molecule has 0 aromatic rings. The molecule has 0 aromatic carbocycles. The molecule has 1 heterocycles. The van der Waals surface area contributed by atoms with Crippen LogP contribution < -0.4 is 5.32 Å². The number of ether oxygens (including phenoxy) is 1. The Hall–Kier alpha value is -1.02. The van der Waals surface area contributed by atoms with Crippen molar-refractivity contribution >= 4 is 5.96 Å².